The van der Waals surface area contributed by atoms with Gasteiger partial charge in [-0.05, 0) is 43.4 Å². The zero-order valence-corrected chi connectivity index (χ0v) is 13.6. The average molecular weight is 299 g/mol. The molecule has 118 valence electrons. The highest BCUT2D eigenvalue weighted by atomic mass is 16.1. The van der Waals surface area contributed by atoms with E-state index in [-0.39, 0.29) is 5.91 Å². The van der Waals surface area contributed by atoms with Crippen LogP contribution >= 0.6 is 0 Å². The van der Waals surface area contributed by atoms with Crippen molar-refractivity contribution in [3.63, 3.8) is 0 Å². The number of fused-ring (bicyclic) bond motifs is 1. The van der Waals surface area contributed by atoms with Crippen molar-refractivity contribution in [2.75, 3.05) is 6.54 Å². The van der Waals surface area contributed by atoms with Crippen LogP contribution in [0.25, 0.3) is 11.0 Å². The molecule has 4 heteroatoms. The number of carbonyl (C=O) groups is 1. The Balaban J connectivity index is 1.61. The normalized spacial score (nSPS) is 14.5. The maximum atomic E-state index is 11.6. The Bertz CT molecular complexity index is 670. The van der Waals surface area contributed by atoms with Gasteiger partial charge >= 0.3 is 0 Å². The highest BCUT2D eigenvalue weighted by Crippen LogP contribution is 2.40. The summed E-state index contributed by atoms with van der Waals surface area (Å²) in [6, 6.07) is 6.47. The van der Waals surface area contributed by atoms with Crippen LogP contribution in [-0.2, 0) is 18.3 Å². The molecule has 1 aliphatic rings. The van der Waals surface area contributed by atoms with E-state index in [2.05, 4.69) is 42.1 Å². The number of nitrogens with zero attached hydrogens (tertiary/aromatic N) is 2. The number of benzene rings is 1. The summed E-state index contributed by atoms with van der Waals surface area (Å²) in [6.07, 6.45) is 6.08. The molecule has 0 aliphatic heterocycles. The van der Waals surface area contributed by atoms with Gasteiger partial charge in [-0.2, -0.15) is 0 Å². The summed E-state index contributed by atoms with van der Waals surface area (Å²) in [4.78, 5) is 16.4. The number of hydrogen-bond acceptors (Lipinski definition) is 2. The Morgan fingerprint density at radius 3 is 2.95 bits per heavy atom. The number of aromatic nitrogens is 2. The van der Waals surface area contributed by atoms with Gasteiger partial charge in [-0.15, -0.1) is 0 Å². The molecule has 1 fully saturated rings. The number of amides is 1. The average Bonchev–Trinajstić information content (AvgIpc) is 3.30. The van der Waals surface area contributed by atoms with E-state index >= 15 is 0 Å². The number of unbranched alkanes of at least 4 members (excludes halogenated alkanes) is 1. The summed E-state index contributed by atoms with van der Waals surface area (Å²) in [6.45, 7) is 2.81. The van der Waals surface area contributed by atoms with E-state index in [1.807, 2.05) is 0 Å². The minimum Gasteiger partial charge on any atom is -0.356 e. The molecule has 0 spiro atoms. The second-order valence-corrected chi connectivity index (χ2v) is 6.33. The van der Waals surface area contributed by atoms with Crippen molar-refractivity contribution in [3.05, 3.63) is 29.6 Å². The Morgan fingerprint density at radius 2 is 2.23 bits per heavy atom. The summed E-state index contributed by atoms with van der Waals surface area (Å²) in [7, 11) is 2.11. The number of rotatable bonds is 7. The molecule has 0 unspecified atom stereocenters. The van der Waals surface area contributed by atoms with Gasteiger partial charge in [0.1, 0.15) is 5.82 Å². The monoisotopic (exact) mass is 299 g/mol. The van der Waals surface area contributed by atoms with E-state index in [9.17, 15) is 4.79 Å². The molecule has 22 heavy (non-hydrogen) atoms. The first-order valence-electron chi connectivity index (χ1n) is 8.41. The van der Waals surface area contributed by atoms with Gasteiger partial charge in [-0.1, -0.05) is 19.4 Å². The molecule has 1 saturated carbocycles. The third-order valence-corrected chi connectivity index (χ3v) is 4.42. The van der Waals surface area contributed by atoms with Crippen molar-refractivity contribution >= 4 is 16.9 Å². The molecule has 1 aliphatic carbocycles. The first-order valence-corrected chi connectivity index (χ1v) is 8.41. The Morgan fingerprint density at radius 1 is 1.41 bits per heavy atom. The fraction of sp³-hybridized carbons (Fsp3) is 0.556. The Kier molecular flexibility index (Phi) is 4.46. The van der Waals surface area contributed by atoms with Crippen molar-refractivity contribution in [2.45, 2.75) is 51.4 Å². The number of nitrogens with one attached hydrogen (secondary N) is 1. The van der Waals surface area contributed by atoms with E-state index < -0.39 is 0 Å². The topological polar surface area (TPSA) is 46.9 Å². The number of imidazole rings is 1. The van der Waals surface area contributed by atoms with Crippen molar-refractivity contribution in [1.29, 1.82) is 0 Å². The highest BCUT2D eigenvalue weighted by Gasteiger charge is 2.28. The quantitative estimate of drug-likeness (QED) is 0.852. The maximum Gasteiger partial charge on any atom is 0.220 e. The summed E-state index contributed by atoms with van der Waals surface area (Å²) in [5.74, 6) is 2.05. The Labute approximate surface area is 131 Å². The first-order chi connectivity index (χ1) is 10.7. The van der Waals surface area contributed by atoms with Crippen LogP contribution in [0.1, 0.15) is 56.3 Å². The van der Waals surface area contributed by atoms with Crippen LogP contribution in [0.3, 0.4) is 0 Å². The van der Waals surface area contributed by atoms with Crippen LogP contribution < -0.4 is 5.32 Å². The van der Waals surface area contributed by atoms with Gasteiger partial charge in [0, 0.05) is 25.9 Å². The first kappa shape index (κ1) is 15.1. The molecular formula is C18H25N3O. The second kappa shape index (κ2) is 6.51. The molecular weight excluding hydrogens is 274 g/mol. The lowest BCUT2D eigenvalue weighted by Crippen LogP contribution is -2.25. The standard InChI is InChI=1S/C18H25N3O/c1-3-4-5-17(22)19-11-10-13-6-9-16-15(12-13)20-18(21(16)2)14-7-8-14/h6,9,12,14H,3-5,7-8,10-11H2,1-2H3,(H,19,22). The minimum absolute atomic E-state index is 0.164. The zero-order valence-electron chi connectivity index (χ0n) is 13.6. The summed E-state index contributed by atoms with van der Waals surface area (Å²) < 4.78 is 2.23. The fourth-order valence-electron chi connectivity index (χ4n) is 2.90. The Hall–Kier alpha value is -1.84. The fourth-order valence-corrected chi connectivity index (χ4v) is 2.90. The van der Waals surface area contributed by atoms with E-state index in [0.717, 1.165) is 24.8 Å². The van der Waals surface area contributed by atoms with Crippen LogP contribution in [0, 0.1) is 0 Å². The molecule has 4 nitrogen and oxygen atoms in total. The lowest BCUT2D eigenvalue weighted by atomic mass is 10.1. The van der Waals surface area contributed by atoms with Crippen LogP contribution in [0.2, 0.25) is 0 Å². The summed E-state index contributed by atoms with van der Waals surface area (Å²) in [5.41, 5.74) is 3.53. The zero-order chi connectivity index (χ0) is 15.5. The summed E-state index contributed by atoms with van der Waals surface area (Å²) in [5, 5.41) is 2.99. The molecule has 1 aromatic heterocycles. The third-order valence-electron chi connectivity index (χ3n) is 4.42. The van der Waals surface area contributed by atoms with E-state index in [1.54, 1.807) is 0 Å². The number of carbonyl (C=O) groups excluding carboxylic acids is 1. The van der Waals surface area contributed by atoms with Crippen molar-refractivity contribution < 1.29 is 4.79 Å². The van der Waals surface area contributed by atoms with Crippen LogP contribution in [0.5, 0.6) is 0 Å². The molecule has 0 radical (unpaired) electrons. The van der Waals surface area contributed by atoms with Crippen molar-refractivity contribution in [1.82, 2.24) is 14.9 Å². The minimum atomic E-state index is 0.164. The molecule has 0 saturated heterocycles. The van der Waals surface area contributed by atoms with E-state index in [0.29, 0.717) is 18.9 Å². The van der Waals surface area contributed by atoms with Crippen LogP contribution in [0.4, 0.5) is 0 Å². The van der Waals surface area contributed by atoms with Gasteiger partial charge in [-0.25, -0.2) is 4.98 Å². The smallest absolute Gasteiger partial charge is 0.220 e. The lowest BCUT2D eigenvalue weighted by Gasteiger charge is -2.05. The van der Waals surface area contributed by atoms with Crippen molar-refractivity contribution in [3.8, 4) is 0 Å². The molecule has 0 bridgehead atoms. The number of hydrogen-bond donors (Lipinski definition) is 1. The lowest BCUT2D eigenvalue weighted by molar-refractivity contribution is -0.121. The second-order valence-electron chi connectivity index (χ2n) is 6.33. The molecule has 1 heterocycles. The molecule has 1 amide bonds. The van der Waals surface area contributed by atoms with Crippen LogP contribution in [-0.4, -0.2) is 22.0 Å². The van der Waals surface area contributed by atoms with Gasteiger partial charge in [0.2, 0.25) is 5.91 Å². The van der Waals surface area contributed by atoms with Gasteiger partial charge in [0.15, 0.2) is 0 Å². The molecule has 1 N–H and O–H groups in total. The molecule has 2 aromatic rings. The van der Waals surface area contributed by atoms with Gasteiger partial charge < -0.3 is 9.88 Å². The highest BCUT2D eigenvalue weighted by molar-refractivity contribution is 5.77. The maximum absolute atomic E-state index is 11.6. The van der Waals surface area contributed by atoms with Crippen LogP contribution in [0.15, 0.2) is 18.2 Å². The van der Waals surface area contributed by atoms with Gasteiger partial charge in [0.05, 0.1) is 11.0 Å². The van der Waals surface area contributed by atoms with E-state index in [4.69, 9.17) is 4.98 Å². The van der Waals surface area contributed by atoms with Gasteiger partial charge in [-0.3, -0.25) is 4.79 Å². The molecule has 0 atom stereocenters. The summed E-state index contributed by atoms with van der Waals surface area (Å²) >= 11 is 0. The number of aryl methyl sites for hydroxylation is 1. The molecule has 3 rings (SSSR count). The predicted molar refractivity (Wildman–Crippen MR) is 88.9 cm³/mol. The molecule has 1 aromatic carbocycles. The van der Waals surface area contributed by atoms with E-state index in [1.165, 1.54) is 29.7 Å². The SMILES string of the molecule is CCCCC(=O)NCCc1ccc2c(c1)nc(C1CC1)n2C. The van der Waals surface area contributed by atoms with Gasteiger partial charge in [0.25, 0.3) is 0 Å². The largest absolute Gasteiger partial charge is 0.356 e. The van der Waals surface area contributed by atoms with Crippen molar-refractivity contribution in [2.24, 2.45) is 7.05 Å². The predicted octanol–water partition coefficient (Wildman–Crippen LogP) is 3.30. The third kappa shape index (κ3) is 3.32.